The van der Waals surface area contributed by atoms with Crippen LogP contribution in [0.1, 0.15) is 239 Å². The molecule has 0 spiro atoms. The molecule has 8 aliphatic carbocycles. The maximum atomic E-state index is 14.3. The van der Waals surface area contributed by atoms with Gasteiger partial charge in [-0.15, -0.1) is 26.3 Å². The third-order valence-corrected chi connectivity index (χ3v) is 24.4. The minimum Gasteiger partial charge on any atom is -0.335 e. The van der Waals surface area contributed by atoms with Crippen LogP contribution in [0.4, 0.5) is 13.2 Å². The molecule has 4 atom stereocenters. The number of halogens is 3. The van der Waals surface area contributed by atoms with Gasteiger partial charge in [0.05, 0.1) is 46.4 Å². The highest BCUT2D eigenvalue weighted by Gasteiger charge is 2.38. The number of fused-ring (bicyclic) bond motifs is 8. The summed E-state index contributed by atoms with van der Waals surface area (Å²) in [6, 6.07) is 21.2. The van der Waals surface area contributed by atoms with Gasteiger partial charge >= 0.3 is 0 Å². The minimum absolute atomic E-state index is 0.0224. The normalized spacial score (nSPS) is 17.3. The second kappa shape index (κ2) is 34.8. The Hall–Kier alpha value is -11.7. The molecule has 600 valence electrons. The number of rotatable bonds is 16. The first kappa shape index (κ1) is 82.3. The second-order valence-electron chi connectivity index (χ2n) is 32.3. The minimum atomic E-state index is -0.202. The Kier molecular flexibility index (Phi) is 24.7. The summed E-state index contributed by atoms with van der Waals surface area (Å²) in [6.45, 7) is 26.4. The summed E-state index contributed by atoms with van der Waals surface area (Å²) in [5, 5.41) is 0. The molecule has 0 saturated carbocycles. The average molecular weight is 1570 g/mol. The first-order valence-corrected chi connectivity index (χ1v) is 40.3. The zero-order valence-corrected chi connectivity index (χ0v) is 68.1. The predicted octanol–water partition coefficient (Wildman–Crippen LogP) is 17.3. The lowest BCUT2D eigenvalue weighted by molar-refractivity contribution is 0.0706. The molecular formula is C97H103F3N8O8. The van der Waals surface area contributed by atoms with E-state index in [2.05, 4.69) is 51.4 Å². The van der Waals surface area contributed by atoms with Gasteiger partial charge in [-0.05, 0) is 228 Å². The first-order valence-electron chi connectivity index (χ1n) is 40.3. The van der Waals surface area contributed by atoms with Gasteiger partial charge in [-0.25, -0.2) is 13.2 Å². The summed E-state index contributed by atoms with van der Waals surface area (Å²) < 4.78 is 49.1. The molecule has 4 heterocycles. The van der Waals surface area contributed by atoms with Crippen molar-refractivity contribution in [3.8, 4) is 0 Å². The molecule has 0 fully saturated rings. The maximum absolute atomic E-state index is 14.3. The van der Waals surface area contributed by atoms with Gasteiger partial charge in [0.25, 0.3) is 45.9 Å². The van der Waals surface area contributed by atoms with Gasteiger partial charge in [-0.2, -0.15) is 0 Å². The van der Waals surface area contributed by atoms with Crippen LogP contribution >= 0.6 is 0 Å². The number of hydrogen-bond donors (Lipinski definition) is 0. The Morgan fingerprint density at radius 1 is 0.353 bits per heavy atom. The summed E-state index contributed by atoms with van der Waals surface area (Å²) >= 11 is 0. The number of pyridine rings is 4. The van der Waals surface area contributed by atoms with Gasteiger partial charge < -0.3 is 37.9 Å². The fourth-order valence-electron chi connectivity index (χ4n) is 18.6. The van der Waals surface area contributed by atoms with Crippen LogP contribution in [0, 0.1) is 24.4 Å². The number of hydrogen-bond acceptors (Lipinski definition) is 8. The molecule has 8 aliphatic rings. The van der Waals surface area contributed by atoms with E-state index in [1.807, 2.05) is 82.1 Å². The number of nitrogens with zero attached hydrogens (tertiary/aromatic N) is 8. The molecule has 0 radical (unpaired) electrons. The van der Waals surface area contributed by atoms with Crippen LogP contribution < -0.4 is 22.2 Å². The molecule has 16 nitrogen and oxygen atoms in total. The topological polar surface area (TPSA) is 169 Å². The van der Waals surface area contributed by atoms with Crippen molar-refractivity contribution < 1.29 is 32.3 Å². The zero-order valence-electron chi connectivity index (χ0n) is 68.1. The quantitative estimate of drug-likeness (QED) is 0.0861. The van der Waals surface area contributed by atoms with Crippen molar-refractivity contribution in [2.45, 2.75) is 188 Å². The highest BCUT2D eigenvalue weighted by molar-refractivity contribution is 6.01. The van der Waals surface area contributed by atoms with E-state index in [4.69, 9.17) is 0 Å². The van der Waals surface area contributed by atoms with Crippen molar-refractivity contribution in [1.82, 2.24) is 37.9 Å². The third-order valence-electron chi connectivity index (χ3n) is 24.4. The summed E-state index contributed by atoms with van der Waals surface area (Å²) in [5.74, 6) is -1.07. The van der Waals surface area contributed by atoms with Crippen molar-refractivity contribution in [3.05, 3.63) is 346 Å². The fraction of sp³-hybridized carbons (Fsp3) is 0.340. The number of benzene rings is 4. The molecule has 0 saturated heterocycles. The average Bonchev–Trinajstić information content (AvgIpc) is 1.60. The molecule has 4 aromatic heterocycles. The predicted molar refractivity (Wildman–Crippen MR) is 454 cm³/mol. The summed E-state index contributed by atoms with van der Waals surface area (Å²) in [4.78, 5) is 112. The zero-order chi connectivity index (χ0) is 82.8. The smallest absolute Gasteiger partial charge is 0.256 e. The molecule has 0 bridgehead atoms. The maximum Gasteiger partial charge on any atom is 0.256 e. The molecule has 4 aromatic carbocycles. The Bertz CT molecular complexity index is 5080. The van der Waals surface area contributed by atoms with Gasteiger partial charge in [0.1, 0.15) is 17.5 Å². The third kappa shape index (κ3) is 16.0. The van der Waals surface area contributed by atoms with E-state index in [1.54, 1.807) is 121 Å². The van der Waals surface area contributed by atoms with E-state index in [0.717, 1.165) is 125 Å². The van der Waals surface area contributed by atoms with E-state index < -0.39 is 0 Å². The van der Waals surface area contributed by atoms with Crippen LogP contribution in [0.3, 0.4) is 0 Å². The molecule has 0 N–H and O–H groups in total. The highest BCUT2D eigenvalue weighted by Crippen LogP contribution is 2.42. The molecule has 4 unspecified atom stereocenters. The molecule has 116 heavy (non-hydrogen) atoms. The molecule has 19 heteroatoms. The van der Waals surface area contributed by atoms with E-state index in [0.29, 0.717) is 127 Å². The van der Waals surface area contributed by atoms with Crippen LogP contribution in [0.25, 0.3) is 24.3 Å². The second-order valence-corrected chi connectivity index (χ2v) is 32.3. The Balaban J connectivity index is 0.000000135. The van der Waals surface area contributed by atoms with Gasteiger partial charge in [-0.1, -0.05) is 125 Å². The number of allylic oxidation sites excluding steroid dienone is 8. The van der Waals surface area contributed by atoms with Crippen molar-refractivity contribution in [2.75, 3.05) is 28.2 Å². The lowest BCUT2D eigenvalue weighted by atomic mass is 9.84. The van der Waals surface area contributed by atoms with Gasteiger partial charge in [0.2, 0.25) is 0 Å². The summed E-state index contributed by atoms with van der Waals surface area (Å²) in [6.07, 6.45) is 33.5. The van der Waals surface area contributed by atoms with E-state index in [1.165, 1.54) is 34.9 Å². The van der Waals surface area contributed by atoms with Gasteiger partial charge in [-0.3, -0.25) is 38.4 Å². The highest BCUT2D eigenvalue weighted by atomic mass is 19.1. The Labute approximate surface area is 676 Å². The number of aryl methyl sites for hydroxylation is 1. The van der Waals surface area contributed by atoms with Crippen molar-refractivity contribution in [2.24, 2.45) is 0 Å². The monoisotopic (exact) mass is 1560 g/mol. The molecule has 0 aliphatic heterocycles. The standard InChI is InChI=1S/C25H28N2O2.3C24H25FN2O2/c1-5-12-27-15-22(20-13-16(2)14-21(20)25(27)29)24(28)26(4)23-11-7-9-18-17(3)8-6-10-19(18)23;3*1-4-11-27-14-20(18-12-15(2)13-19(18)24(27)29)23(28)26(3)22-10-6-7-16-17(22)8-5-9-21(16)25/h5-6,8,10,13,15,23H,1,7,9,11-12,14H2,2-4H3;3*4-5,8-9,12,14,22H,1,6-7,10-11,13H2,2-3H3. The molecule has 16 rings (SSSR count). The molecular weight excluding hydrogens is 1460 g/mol. The Morgan fingerprint density at radius 3 is 0.819 bits per heavy atom. The van der Waals surface area contributed by atoms with Crippen LogP contribution in [0.2, 0.25) is 0 Å². The Morgan fingerprint density at radius 2 is 0.578 bits per heavy atom. The van der Waals surface area contributed by atoms with E-state index in [9.17, 15) is 51.5 Å². The van der Waals surface area contributed by atoms with Crippen LogP contribution in [0.15, 0.2) is 190 Å². The SMILES string of the molecule is C=CCn1cc(C(=O)N(C)C2CCCc3c(C)cccc32)c2c(c1=O)CC(C)=C2.C=CCn1cc(C(=O)N(C)C2CCCc3c(F)cccc32)c2c(c1=O)CC(C)=C2.C=CCn1cc(C(=O)N(C)C2CCCc3c(F)cccc32)c2c(c1=O)CC(C)=C2.C=CCn1cc(C(=O)N(C)C2CCCc3c(F)cccc32)c2c(c1=O)CC(C)=C2. The van der Waals surface area contributed by atoms with E-state index in [-0.39, 0.29) is 87.5 Å². The van der Waals surface area contributed by atoms with Crippen molar-refractivity contribution >= 4 is 47.9 Å². The van der Waals surface area contributed by atoms with Crippen LogP contribution in [0.5, 0.6) is 0 Å². The summed E-state index contributed by atoms with van der Waals surface area (Å²) in [7, 11) is 7.21. The summed E-state index contributed by atoms with van der Waals surface area (Å²) in [5.41, 5.74) is 20.6. The van der Waals surface area contributed by atoms with Crippen molar-refractivity contribution in [1.29, 1.82) is 0 Å². The van der Waals surface area contributed by atoms with Gasteiger partial charge in [0, 0.05) is 101 Å². The fourth-order valence-corrected chi connectivity index (χ4v) is 18.6. The number of amides is 4. The molecule has 4 amide bonds. The van der Waals surface area contributed by atoms with Crippen LogP contribution in [-0.2, 0) is 77.5 Å². The van der Waals surface area contributed by atoms with E-state index >= 15 is 0 Å². The number of aromatic nitrogens is 4. The number of carbonyl (C=O) groups excluding carboxylic acids is 4. The van der Waals surface area contributed by atoms with Crippen LogP contribution in [-0.4, -0.2) is 89.7 Å². The van der Waals surface area contributed by atoms with Crippen molar-refractivity contribution in [3.63, 3.8) is 0 Å². The lowest BCUT2D eigenvalue weighted by Crippen LogP contribution is -2.35. The largest absolute Gasteiger partial charge is 0.335 e. The lowest BCUT2D eigenvalue weighted by Gasteiger charge is -2.34. The van der Waals surface area contributed by atoms with Gasteiger partial charge in [0.15, 0.2) is 0 Å². The first-order chi connectivity index (χ1) is 55.7. The molecule has 8 aromatic rings. The number of carbonyl (C=O) groups is 4.